The van der Waals surface area contributed by atoms with Crippen LogP contribution in [0.5, 0.6) is 0 Å². The molecule has 0 aliphatic rings. The molecule has 5 N–H and O–H groups in total. The second-order valence-corrected chi connectivity index (χ2v) is 7.18. The van der Waals surface area contributed by atoms with Crippen molar-refractivity contribution in [2.75, 3.05) is 13.1 Å². The molecule has 0 bridgehead atoms. The second kappa shape index (κ2) is 12.3. The number of hydrogen-bond acceptors (Lipinski definition) is 3. The van der Waals surface area contributed by atoms with E-state index in [1.165, 1.54) is 11.1 Å². The van der Waals surface area contributed by atoms with Crippen molar-refractivity contribution in [2.24, 2.45) is 17.4 Å². The molecule has 0 heterocycles. The fraction of sp³-hybridized carbons (Fsp3) is 0.435. The Labute approximate surface area is 163 Å². The van der Waals surface area contributed by atoms with Crippen LogP contribution >= 0.6 is 0 Å². The van der Waals surface area contributed by atoms with Gasteiger partial charge in [-0.2, -0.15) is 0 Å². The van der Waals surface area contributed by atoms with Crippen LogP contribution in [0.25, 0.3) is 0 Å². The van der Waals surface area contributed by atoms with Gasteiger partial charge in [-0.1, -0.05) is 60.7 Å². The van der Waals surface area contributed by atoms with Gasteiger partial charge >= 0.3 is 0 Å². The molecule has 2 rings (SSSR count). The van der Waals surface area contributed by atoms with Gasteiger partial charge in [0, 0.05) is 18.5 Å². The molecule has 0 unspecified atom stereocenters. The van der Waals surface area contributed by atoms with Gasteiger partial charge in [0.15, 0.2) is 0 Å². The smallest absolute Gasteiger partial charge is 0.223 e. The Bertz CT molecular complexity index is 602. The van der Waals surface area contributed by atoms with Crippen molar-refractivity contribution in [3.8, 4) is 0 Å². The van der Waals surface area contributed by atoms with Crippen molar-refractivity contribution in [2.45, 2.75) is 44.6 Å². The molecule has 0 spiro atoms. The van der Waals surface area contributed by atoms with E-state index >= 15 is 0 Å². The van der Waals surface area contributed by atoms with E-state index in [0.29, 0.717) is 13.1 Å². The Balaban J connectivity index is 1.89. The lowest BCUT2D eigenvalue weighted by Crippen LogP contribution is -2.40. The summed E-state index contributed by atoms with van der Waals surface area (Å²) in [4.78, 5) is 12.8. The number of amides is 1. The molecule has 0 aliphatic heterocycles. The molecule has 1 atom stereocenters. The zero-order valence-corrected chi connectivity index (χ0v) is 16.1. The molecule has 0 aromatic heterocycles. The molecule has 0 radical (unpaired) electrons. The van der Waals surface area contributed by atoms with Crippen LogP contribution in [0.2, 0.25) is 0 Å². The summed E-state index contributed by atoms with van der Waals surface area (Å²) in [5, 5.41) is 3.06. The van der Waals surface area contributed by atoms with E-state index in [1.807, 2.05) is 36.4 Å². The van der Waals surface area contributed by atoms with E-state index in [9.17, 15) is 4.79 Å². The summed E-state index contributed by atoms with van der Waals surface area (Å²) in [6.45, 7) is 1.16. The number of rotatable bonds is 12. The summed E-state index contributed by atoms with van der Waals surface area (Å²) < 4.78 is 0. The van der Waals surface area contributed by atoms with E-state index in [-0.39, 0.29) is 17.9 Å². The van der Waals surface area contributed by atoms with Crippen LogP contribution in [0.3, 0.4) is 0 Å². The van der Waals surface area contributed by atoms with E-state index in [0.717, 1.165) is 38.5 Å². The average Bonchev–Trinajstić information content (AvgIpc) is 2.72. The molecule has 146 valence electrons. The number of hydrogen-bond donors (Lipinski definition) is 3. The highest BCUT2D eigenvalue weighted by molar-refractivity contribution is 5.78. The highest BCUT2D eigenvalue weighted by atomic mass is 16.1. The Morgan fingerprint density at radius 2 is 1.37 bits per heavy atom. The van der Waals surface area contributed by atoms with Crippen molar-refractivity contribution >= 4 is 5.91 Å². The lowest BCUT2D eigenvalue weighted by atomic mass is 9.92. The van der Waals surface area contributed by atoms with E-state index in [2.05, 4.69) is 29.6 Å². The predicted molar refractivity (Wildman–Crippen MR) is 112 cm³/mol. The van der Waals surface area contributed by atoms with Gasteiger partial charge in [0.25, 0.3) is 0 Å². The van der Waals surface area contributed by atoms with E-state index in [1.54, 1.807) is 0 Å². The first-order valence-electron chi connectivity index (χ1n) is 10.00. The van der Waals surface area contributed by atoms with Crippen LogP contribution in [0.15, 0.2) is 60.7 Å². The summed E-state index contributed by atoms with van der Waals surface area (Å²) in [7, 11) is 0. The molecule has 2 aromatic carbocycles. The van der Waals surface area contributed by atoms with Gasteiger partial charge in [0.2, 0.25) is 5.91 Å². The van der Waals surface area contributed by atoms with E-state index in [4.69, 9.17) is 11.5 Å². The molecule has 2 aromatic rings. The standard InChI is InChI=1S/C23H33N3O/c24-17-7-12-22(25)18-26-23(27)21(15-13-19-8-3-1-4-9-19)16-14-20-10-5-2-6-11-20/h1-6,8-11,21-22H,7,12-18,24-25H2,(H,26,27)/t22-/m0/s1. The number of carbonyl (C=O) groups is 1. The van der Waals surface area contributed by atoms with Gasteiger partial charge in [-0.3, -0.25) is 4.79 Å². The third kappa shape index (κ3) is 8.37. The molecule has 0 saturated heterocycles. The molecule has 27 heavy (non-hydrogen) atoms. The largest absolute Gasteiger partial charge is 0.354 e. The number of nitrogens with one attached hydrogen (secondary N) is 1. The van der Waals surface area contributed by atoms with Crippen molar-refractivity contribution in [3.05, 3.63) is 71.8 Å². The van der Waals surface area contributed by atoms with Crippen LogP contribution < -0.4 is 16.8 Å². The minimum atomic E-state index is -0.0265. The van der Waals surface area contributed by atoms with Crippen LogP contribution in [-0.2, 0) is 17.6 Å². The highest BCUT2D eigenvalue weighted by Crippen LogP contribution is 2.17. The molecule has 0 saturated carbocycles. The van der Waals surface area contributed by atoms with Crippen molar-refractivity contribution in [3.63, 3.8) is 0 Å². The summed E-state index contributed by atoms with van der Waals surface area (Å²) in [6.07, 6.45) is 5.25. The average molecular weight is 368 g/mol. The van der Waals surface area contributed by atoms with Crippen LogP contribution in [0.4, 0.5) is 0 Å². The van der Waals surface area contributed by atoms with Gasteiger partial charge < -0.3 is 16.8 Å². The molecule has 4 nitrogen and oxygen atoms in total. The topological polar surface area (TPSA) is 81.1 Å². The number of aryl methyl sites for hydroxylation is 2. The lowest BCUT2D eigenvalue weighted by Gasteiger charge is -2.19. The lowest BCUT2D eigenvalue weighted by molar-refractivity contribution is -0.125. The summed E-state index contributed by atoms with van der Waals surface area (Å²) >= 11 is 0. The summed E-state index contributed by atoms with van der Waals surface area (Å²) in [6, 6.07) is 20.7. The zero-order chi connectivity index (χ0) is 19.3. The van der Waals surface area contributed by atoms with E-state index < -0.39 is 0 Å². The maximum Gasteiger partial charge on any atom is 0.223 e. The maximum absolute atomic E-state index is 12.8. The second-order valence-electron chi connectivity index (χ2n) is 7.18. The maximum atomic E-state index is 12.8. The van der Waals surface area contributed by atoms with Crippen molar-refractivity contribution < 1.29 is 4.79 Å². The Morgan fingerprint density at radius 1 is 0.852 bits per heavy atom. The van der Waals surface area contributed by atoms with Crippen LogP contribution in [-0.4, -0.2) is 25.0 Å². The quantitative estimate of drug-likeness (QED) is 0.539. The normalized spacial score (nSPS) is 12.1. The highest BCUT2D eigenvalue weighted by Gasteiger charge is 2.19. The Hall–Kier alpha value is -2.17. The van der Waals surface area contributed by atoms with Crippen LogP contribution in [0, 0.1) is 5.92 Å². The summed E-state index contributed by atoms with van der Waals surface area (Å²) in [5.74, 6) is 0.109. The molecular formula is C23H33N3O. The Morgan fingerprint density at radius 3 is 1.85 bits per heavy atom. The number of carbonyl (C=O) groups excluding carboxylic acids is 1. The van der Waals surface area contributed by atoms with Gasteiger partial charge in [-0.25, -0.2) is 0 Å². The monoisotopic (exact) mass is 367 g/mol. The first kappa shape index (κ1) is 21.1. The third-order valence-electron chi connectivity index (χ3n) is 4.94. The van der Waals surface area contributed by atoms with Crippen molar-refractivity contribution in [1.29, 1.82) is 0 Å². The third-order valence-corrected chi connectivity index (χ3v) is 4.94. The molecule has 0 fully saturated rings. The Kier molecular flexibility index (Phi) is 9.60. The SMILES string of the molecule is NCCC[C@H](N)CNC(=O)C(CCc1ccccc1)CCc1ccccc1. The van der Waals surface area contributed by atoms with Gasteiger partial charge in [0.1, 0.15) is 0 Å². The minimum absolute atomic E-state index is 0.00730. The number of nitrogens with two attached hydrogens (primary N) is 2. The fourth-order valence-electron chi connectivity index (χ4n) is 3.24. The van der Waals surface area contributed by atoms with Gasteiger partial charge in [-0.15, -0.1) is 0 Å². The number of benzene rings is 2. The van der Waals surface area contributed by atoms with Crippen LogP contribution in [0.1, 0.15) is 36.8 Å². The predicted octanol–water partition coefficient (Wildman–Crippen LogP) is 3.05. The van der Waals surface area contributed by atoms with Gasteiger partial charge in [-0.05, 0) is 56.2 Å². The minimum Gasteiger partial charge on any atom is -0.354 e. The first-order valence-corrected chi connectivity index (χ1v) is 10.00. The molecular weight excluding hydrogens is 334 g/mol. The fourth-order valence-corrected chi connectivity index (χ4v) is 3.24. The van der Waals surface area contributed by atoms with Crippen molar-refractivity contribution in [1.82, 2.24) is 5.32 Å². The molecule has 1 amide bonds. The molecule has 4 heteroatoms. The zero-order valence-electron chi connectivity index (χ0n) is 16.1. The van der Waals surface area contributed by atoms with Gasteiger partial charge in [0.05, 0.1) is 0 Å². The molecule has 0 aliphatic carbocycles. The summed E-state index contributed by atoms with van der Waals surface area (Å²) in [5.41, 5.74) is 14.1. The first-order chi connectivity index (χ1) is 13.2.